The van der Waals surface area contributed by atoms with Crippen LogP contribution in [0.2, 0.25) is 5.02 Å². The van der Waals surface area contributed by atoms with E-state index in [1.807, 2.05) is 6.92 Å². The molecule has 1 rings (SSSR count). The average molecular weight is 240 g/mol. The number of Topliss-reactive ketones (excluding diaryl/α,β-unsaturated/α-hetero) is 1. The summed E-state index contributed by atoms with van der Waals surface area (Å²) in [5.74, 6) is -0.365. The highest BCUT2D eigenvalue weighted by atomic mass is 35.5. The Bertz CT molecular complexity index is 429. The first-order valence-electron chi connectivity index (χ1n) is 4.99. The second-order valence-corrected chi connectivity index (χ2v) is 4.18. The van der Waals surface area contributed by atoms with Crippen molar-refractivity contribution in [2.24, 2.45) is 0 Å². The molecule has 0 bridgehead atoms. The smallest absolute Gasteiger partial charge is 0.251 e. The molecule has 0 aliphatic rings. The SMILES string of the molecule is CC(=O)C(C)NC(=O)c1ccc(C)c(Cl)c1. The van der Waals surface area contributed by atoms with E-state index in [-0.39, 0.29) is 11.7 Å². The van der Waals surface area contributed by atoms with Gasteiger partial charge in [-0.1, -0.05) is 17.7 Å². The maximum atomic E-state index is 11.7. The van der Waals surface area contributed by atoms with E-state index in [1.165, 1.54) is 6.92 Å². The first kappa shape index (κ1) is 12.7. The molecule has 3 nitrogen and oxygen atoms in total. The van der Waals surface area contributed by atoms with Gasteiger partial charge in [-0.25, -0.2) is 0 Å². The molecule has 1 aromatic carbocycles. The molecule has 86 valence electrons. The highest BCUT2D eigenvalue weighted by Crippen LogP contribution is 2.16. The fourth-order valence-corrected chi connectivity index (χ4v) is 1.30. The van der Waals surface area contributed by atoms with Crippen molar-refractivity contribution in [3.63, 3.8) is 0 Å². The Kier molecular flexibility index (Phi) is 4.07. The van der Waals surface area contributed by atoms with Gasteiger partial charge in [-0.05, 0) is 38.5 Å². The zero-order valence-electron chi connectivity index (χ0n) is 9.50. The topological polar surface area (TPSA) is 46.2 Å². The fraction of sp³-hybridized carbons (Fsp3) is 0.333. The van der Waals surface area contributed by atoms with Crippen LogP contribution in [0.15, 0.2) is 18.2 Å². The molecule has 0 fully saturated rings. The van der Waals surface area contributed by atoms with Gasteiger partial charge in [0.15, 0.2) is 5.78 Å². The molecule has 0 saturated carbocycles. The van der Waals surface area contributed by atoms with Crippen molar-refractivity contribution in [2.45, 2.75) is 26.8 Å². The molecular formula is C12H14ClNO2. The van der Waals surface area contributed by atoms with Crippen LogP contribution >= 0.6 is 11.6 Å². The summed E-state index contributed by atoms with van der Waals surface area (Å²) >= 11 is 5.91. The van der Waals surface area contributed by atoms with E-state index >= 15 is 0 Å². The molecule has 1 atom stereocenters. The van der Waals surface area contributed by atoms with Gasteiger partial charge in [0.1, 0.15) is 0 Å². The highest BCUT2D eigenvalue weighted by Gasteiger charge is 2.13. The van der Waals surface area contributed by atoms with Crippen molar-refractivity contribution < 1.29 is 9.59 Å². The molecule has 0 radical (unpaired) electrons. The van der Waals surface area contributed by atoms with Crippen molar-refractivity contribution in [2.75, 3.05) is 0 Å². The van der Waals surface area contributed by atoms with Gasteiger partial charge in [-0.3, -0.25) is 9.59 Å². The number of hydrogen-bond donors (Lipinski definition) is 1. The van der Waals surface area contributed by atoms with Gasteiger partial charge >= 0.3 is 0 Å². The number of rotatable bonds is 3. The quantitative estimate of drug-likeness (QED) is 0.880. The van der Waals surface area contributed by atoms with E-state index in [9.17, 15) is 9.59 Å². The minimum atomic E-state index is -0.479. The normalized spacial score (nSPS) is 12.0. The van der Waals surface area contributed by atoms with Crippen LogP contribution in [-0.4, -0.2) is 17.7 Å². The Morgan fingerprint density at radius 3 is 2.50 bits per heavy atom. The molecule has 0 saturated heterocycles. The van der Waals surface area contributed by atoms with Gasteiger partial charge in [-0.15, -0.1) is 0 Å². The molecule has 1 N–H and O–H groups in total. The van der Waals surface area contributed by atoms with Crippen molar-refractivity contribution in [1.82, 2.24) is 5.32 Å². The molecule has 0 aliphatic heterocycles. The molecule has 0 heterocycles. The van der Waals surface area contributed by atoms with Gasteiger partial charge in [0.05, 0.1) is 6.04 Å². The zero-order chi connectivity index (χ0) is 12.3. The first-order valence-corrected chi connectivity index (χ1v) is 5.37. The van der Waals surface area contributed by atoms with Crippen molar-refractivity contribution in [1.29, 1.82) is 0 Å². The Balaban J connectivity index is 2.81. The van der Waals surface area contributed by atoms with Gasteiger partial charge in [-0.2, -0.15) is 0 Å². The summed E-state index contributed by atoms with van der Waals surface area (Å²) in [5.41, 5.74) is 1.38. The third-order valence-corrected chi connectivity index (χ3v) is 2.80. The van der Waals surface area contributed by atoms with Crippen LogP contribution in [0.5, 0.6) is 0 Å². The summed E-state index contributed by atoms with van der Waals surface area (Å²) in [4.78, 5) is 22.7. The molecule has 4 heteroatoms. The van der Waals surface area contributed by atoms with E-state index in [0.29, 0.717) is 10.6 Å². The number of aryl methyl sites for hydroxylation is 1. The van der Waals surface area contributed by atoms with E-state index in [4.69, 9.17) is 11.6 Å². The monoisotopic (exact) mass is 239 g/mol. The van der Waals surface area contributed by atoms with Crippen LogP contribution in [0, 0.1) is 6.92 Å². The van der Waals surface area contributed by atoms with Crippen LogP contribution in [0.1, 0.15) is 29.8 Å². The molecule has 16 heavy (non-hydrogen) atoms. The summed E-state index contributed by atoms with van der Waals surface area (Å²) in [5, 5.41) is 3.14. The minimum absolute atomic E-state index is 0.0773. The standard InChI is InChI=1S/C12H14ClNO2/c1-7-4-5-10(6-11(7)13)12(16)14-8(2)9(3)15/h4-6,8H,1-3H3,(H,14,16). The minimum Gasteiger partial charge on any atom is -0.343 e. The van der Waals surface area contributed by atoms with Crippen molar-refractivity contribution in [3.05, 3.63) is 34.3 Å². The number of benzene rings is 1. The largest absolute Gasteiger partial charge is 0.343 e. The maximum absolute atomic E-state index is 11.7. The third kappa shape index (κ3) is 3.07. The Morgan fingerprint density at radius 2 is 2.00 bits per heavy atom. The van der Waals surface area contributed by atoms with Crippen molar-refractivity contribution >= 4 is 23.3 Å². The second-order valence-electron chi connectivity index (χ2n) is 3.77. The number of carbonyl (C=O) groups is 2. The molecule has 1 aromatic rings. The van der Waals surface area contributed by atoms with Crippen LogP contribution < -0.4 is 5.32 Å². The van der Waals surface area contributed by atoms with Crippen LogP contribution in [0.25, 0.3) is 0 Å². The van der Waals surface area contributed by atoms with E-state index in [1.54, 1.807) is 25.1 Å². The highest BCUT2D eigenvalue weighted by molar-refractivity contribution is 6.31. The van der Waals surface area contributed by atoms with Gasteiger partial charge in [0.2, 0.25) is 0 Å². The van der Waals surface area contributed by atoms with Gasteiger partial charge < -0.3 is 5.32 Å². The van der Waals surface area contributed by atoms with Gasteiger partial charge in [0.25, 0.3) is 5.91 Å². The van der Waals surface area contributed by atoms with Crippen molar-refractivity contribution in [3.8, 4) is 0 Å². The Morgan fingerprint density at radius 1 is 1.38 bits per heavy atom. The number of carbonyl (C=O) groups excluding carboxylic acids is 2. The van der Waals surface area contributed by atoms with Crippen LogP contribution in [-0.2, 0) is 4.79 Å². The lowest BCUT2D eigenvalue weighted by Crippen LogP contribution is -2.37. The lowest BCUT2D eigenvalue weighted by atomic mass is 10.1. The van der Waals surface area contributed by atoms with E-state index in [2.05, 4.69) is 5.32 Å². The summed E-state index contributed by atoms with van der Waals surface area (Å²) in [6.07, 6.45) is 0. The number of amides is 1. The van der Waals surface area contributed by atoms with E-state index < -0.39 is 6.04 Å². The lowest BCUT2D eigenvalue weighted by molar-refractivity contribution is -0.118. The molecule has 1 amide bonds. The van der Waals surface area contributed by atoms with Gasteiger partial charge in [0, 0.05) is 10.6 Å². The lowest BCUT2D eigenvalue weighted by Gasteiger charge is -2.10. The number of nitrogens with one attached hydrogen (secondary N) is 1. The predicted molar refractivity (Wildman–Crippen MR) is 63.8 cm³/mol. The number of halogens is 1. The zero-order valence-corrected chi connectivity index (χ0v) is 10.3. The predicted octanol–water partition coefficient (Wildman–Crippen LogP) is 2.36. The molecular weight excluding hydrogens is 226 g/mol. The molecule has 0 aliphatic carbocycles. The molecule has 1 unspecified atom stereocenters. The summed E-state index contributed by atoms with van der Waals surface area (Å²) in [7, 11) is 0. The molecule has 0 aromatic heterocycles. The van der Waals surface area contributed by atoms with E-state index in [0.717, 1.165) is 5.56 Å². The number of ketones is 1. The molecule has 0 spiro atoms. The summed E-state index contributed by atoms with van der Waals surface area (Å²) < 4.78 is 0. The number of hydrogen-bond acceptors (Lipinski definition) is 2. The van der Waals surface area contributed by atoms with Crippen LogP contribution in [0.4, 0.5) is 0 Å². The fourth-order valence-electron chi connectivity index (χ4n) is 1.12. The summed E-state index contributed by atoms with van der Waals surface area (Å²) in [6.45, 7) is 4.95. The second kappa shape index (κ2) is 5.12. The summed E-state index contributed by atoms with van der Waals surface area (Å²) in [6, 6.07) is 4.57. The average Bonchev–Trinajstić information content (AvgIpc) is 2.21. The maximum Gasteiger partial charge on any atom is 0.251 e. The Labute approximate surface area is 99.8 Å². The van der Waals surface area contributed by atoms with Crippen LogP contribution in [0.3, 0.4) is 0 Å². The Hall–Kier alpha value is -1.35. The first-order chi connectivity index (χ1) is 7.41. The third-order valence-electron chi connectivity index (χ3n) is 2.39.